The number of carbonyl (C=O) groups excluding carboxylic acids is 1. The van der Waals surface area contributed by atoms with Gasteiger partial charge in [0.25, 0.3) is 0 Å². The topological polar surface area (TPSA) is 33.2 Å². The molecule has 0 atom stereocenters. The first-order valence-corrected chi connectivity index (χ1v) is 6.80. The van der Waals surface area contributed by atoms with Gasteiger partial charge in [-0.15, -0.1) is 0 Å². The molecule has 4 heteroatoms. The Morgan fingerprint density at radius 2 is 2.15 bits per heavy atom. The van der Waals surface area contributed by atoms with Crippen LogP contribution in [0.5, 0.6) is 0 Å². The molecule has 1 aromatic carbocycles. The maximum absolute atomic E-state index is 14.7. The van der Waals surface area contributed by atoms with Crippen molar-refractivity contribution < 1.29 is 9.18 Å². The standard InChI is InChI=1S/C16H13FN2O/c17-15-12-5-7-19-14(20)4-3-10(16(12)19)8-13(15)11-2-1-6-18-9-11/h1-2,6,8-9H,3-5,7H2. The summed E-state index contributed by atoms with van der Waals surface area (Å²) in [6.07, 6.45) is 5.18. The summed E-state index contributed by atoms with van der Waals surface area (Å²) in [7, 11) is 0. The lowest BCUT2D eigenvalue weighted by atomic mass is 9.93. The zero-order valence-corrected chi connectivity index (χ0v) is 10.9. The first kappa shape index (κ1) is 11.6. The van der Waals surface area contributed by atoms with E-state index in [2.05, 4.69) is 4.98 Å². The van der Waals surface area contributed by atoms with E-state index in [0.717, 1.165) is 16.8 Å². The van der Waals surface area contributed by atoms with Crippen molar-refractivity contribution in [3.05, 3.63) is 47.5 Å². The van der Waals surface area contributed by atoms with E-state index in [0.29, 0.717) is 36.9 Å². The summed E-state index contributed by atoms with van der Waals surface area (Å²) in [5.41, 5.74) is 3.99. The Bertz CT molecular complexity index is 712. The van der Waals surface area contributed by atoms with Crippen LogP contribution in [-0.4, -0.2) is 17.4 Å². The molecule has 0 saturated carbocycles. The fourth-order valence-corrected chi connectivity index (χ4v) is 3.21. The molecule has 1 aromatic heterocycles. The summed E-state index contributed by atoms with van der Waals surface area (Å²) in [6, 6.07) is 5.56. The minimum absolute atomic E-state index is 0.116. The van der Waals surface area contributed by atoms with Gasteiger partial charge in [0.05, 0.1) is 5.69 Å². The molecule has 0 saturated heterocycles. The van der Waals surface area contributed by atoms with Crippen molar-refractivity contribution in [2.75, 3.05) is 11.4 Å². The number of hydrogen-bond donors (Lipinski definition) is 0. The van der Waals surface area contributed by atoms with E-state index in [9.17, 15) is 9.18 Å². The van der Waals surface area contributed by atoms with Gasteiger partial charge in [0.15, 0.2) is 0 Å². The molecule has 1 amide bonds. The number of pyridine rings is 1. The predicted molar refractivity (Wildman–Crippen MR) is 74.0 cm³/mol. The molecule has 0 radical (unpaired) electrons. The van der Waals surface area contributed by atoms with E-state index in [4.69, 9.17) is 0 Å². The molecule has 0 aliphatic carbocycles. The highest BCUT2D eigenvalue weighted by Crippen LogP contribution is 2.41. The summed E-state index contributed by atoms with van der Waals surface area (Å²) >= 11 is 0. The van der Waals surface area contributed by atoms with Gasteiger partial charge in [0, 0.05) is 42.0 Å². The molecule has 2 aliphatic heterocycles. The van der Waals surface area contributed by atoms with Crippen LogP contribution < -0.4 is 4.90 Å². The van der Waals surface area contributed by atoms with Crippen LogP contribution >= 0.6 is 0 Å². The fraction of sp³-hybridized carbons (Fsp3) is 0.250. The zero-order valence-electron chi connectivity index (χ0n) is 10.9. The second-order valence-electron chi connectivity index (χ2n) is 5.26. The van der Waals surface area contributed by atoms with Crippen LogP contribution in [-0.2, 0) is 17.6 Å². The van der Waals surface area contributed by atoms with Crippen molar-refractivity contribution in [1.82, 2.24) is 4.98 Å². The van der Waals surface area contributed by atoms with Crippen LogP contribution in [0.2, 0.25) is 0 Å². The summed E-state index contributed by atoms with van der Waals surface area (Å²) in [4.78, 5) is 17.7. The van der Waals surface area contributed by atoms with Crippen LogP contribution in [0.15, 0.2) is 30.6 Å². The van der Waals surface area contributed by atoms with Crippen LogP contribution in [0.4, 0.5) is 10.1 Å². The number of hydrogen-bond acceptors (Lipinski definition) is 2. The molecule has 3 nitrogen and oxygen atoms in total. The number of nitrogens with zero attached hydrogens (tertiary/aromatic N) is 2. The number of rotatable bonds is 1. The van der Waals surface area contributed by atoms with Crippen molar-refractivity contribution in [2.45, 2.75) is 19.3 Å². The lowest BCUT2D eigenvalue weighted by molar-refractivity contribution is -0.118. The number of halogens is 1. The van der Waals surface area contributed by atoms with Crippen LogP contribution in [0.1, 0.15) is 17.5 Å². The van der Waals surface area contributed by atoms with Crippen molar-refractivity contribution in [3.8, 4) is 11.1 Å². The number of carbonyl (C=O) groups is 1. The average Bonchev–Trinajstić information content (AvgIpc) is 2.93. The molecule has 0 unspecified atom stereocenters. The Morgan fingerprint density at radius 1 is 1.25 bits per heavy atom. The molecule has 4 rings (SSSR count). The first-order valence-electron chi connectivity index (χ1n) is 6.80. The third-order valence-corrected chi connectivity index (χ3v) is 4.15. The normalized spacial score (nSPS) is 16.4. The van der Waals surface area contributed by atoms with Crippen molar-refractivity contribution in [1.29, 1.82) is 0 Å². The Balaban J connectivity index is 1.95. The summed E-state index contributed by atoms with van der Waals surface area (Å²) < 4.78 is 14.7. The van der Waals surface area contributed by atoms with E-state index in [-0.39, 0.29) is 11.7 Å². The monoisotopic (exact) mass is 268 g/mol. The molecule has 2 aromatic rings. The lowest BCUT2D eigenvalue weighted by Crippen LogP contribution is -2.32. The minimum atomic E-state index is -0.200. The SMILES string of the molecule is O=C1CCc2cc(-c3cccnc3)c(F)c3c2N1CC3. The van der Waals surface area contributed by atoms with E-state index in [1.807, 2.05) is 18.2 Å². The zero-order chi connectivity index (χ0) is 13.7. The fourth-order valence-electron chi connectivity index (χ4n) is 3.21. The molecule has 0 N–H and O–H groups in total. The molecular weight excluding hydrogens is 255 g/mol. The van der Waals surface area contributed by atoms with Crippen molar-refractivity contribution in [2.24, 2.45) is 0 Å². The van der Waals surface area contributed by atoms with Crippen LogP contribution in [0.25, 0.3) is 11.1 Å². The predicted octanol–water partition coefficient (Wildman–Crippen LogP) is 2.72. The average molecular weight is 268 g/mol. The van der Waals surface area contributed by atoms with Gasteiger partial charge in [-0.3, -0.25) is 9.78 Å². The molecule has 2 aliphatic rings. The highest BCUT2D eigenvalue weighted by molar-refractivity contribution is 5.99. The number of aryl methyl sites for hydroxylation is 1. The van der Waals surface area contributed by atoms with Crippen LogP contribution in [0, 0.1) is 5.82 Å². The van der Waals surface area contributed by atoms with E-state index in [1.54, 1.807) is 17.3 Å². The van der Waals surface area contributed by atoms with Crippen molar-refractivity contribution in [3.63, 3.8) is 0 Å². The van der Waals surface area contributed by atoms with E-state index in [1.165, 1.54) is 0 Å². The maximum atomic E-state index is 14.7. The lowest BCUT2D eigenvalue weighted by Gasteiger charge is -2.26. The summed E-state index contributed by atoms with van der Waals surface area (Å²) in [5, 5.41) is 0. The second kappa shape index (κ2) is 4.13. The van der Waals surface area contributed by atoms with Gasteiger partial charge in [-0.2, -0.15) is 0 Å². The number of anilines is 1. The quantitative estimate of drug-likeness (QED) is 0.796. The molecule has 0 fully saturated rings. The van der Waals surface area contributed by atoms with Gasteiger partial charge in [-0.25, -0.2) is 4.39 Å². The Labute approximate surface area is 116 Å². The highest BCUT2D eigenvalue weighted by atomic mass is 19.1. The first-order chi connectivity index (χ1) is 9.75. The number of amides is 1. The Morgan fingerprint density at radius 3 is 2.95 bits per heavy atom. The summed E-state index contributed by atoms with van der Waals surface area (Å²) in [6.45, 7) is 0.606. The highest BCUT2D eigenvalue weighted by Gasteiger charge is 2.34. The third-order valence-electron chi connectivity index (χ3n) is 4.15. The second-order valence-corrected chi connectivity index (χ2v) is 5.26. The third kappa shape index (κ3) is 1.51. The summed E-state index contributed by atoms with van der Waals surface area (Å²) in [5.74, 6) is -0.0845. The molecule has 100 valence electrons. The van der Waals surface area contributed by atoms with E-state index < -0.39 is 0 Å². The van der Waals surface area contributed by atoms with Gasteiger partial charge in [-0.05, 0) is 30.5 Å². The molecular formula is C16H13FN2O. The van der Waals surface area contributed by atoms with Gasteiger partial charge >= 0.3 is 0 Å². The number of benzene rings is 1. The molecule has 0 bridgehead atoms. The number of aromatic nitrogens is 1. The molecule has 3 heterocycles. The van der Waals surface area contributed by atoms with Crippen molar-refractivity contribution >= 4 is 11.6 Å². The largest absolute Gasteiger partial charge is 0.311 e. The van der Waals surface area contributed by atoms with Gasteiger partial charge < -0.3 is 4.90 Å². The smallest absolute Gasteiger partial charge is 0.227 e. The minimum Gasteiger partial charge on any atom is -0.311 e. The molecule has 20 heavy (non-hydrogen) atoms. The van der Waals surface area contributed by atoms with Gasteiger partial charge in [0.1, 0.15) is 5.82 Å². The van der Waals surface area contributed by atoms with Crippen LogP contribution in [0.3, 0.4) is 0 Å². The molecule has 0 spiro atoms. The Hall–Kier alpha value is -2.23. The van der Waals surface area contributed by atoms with E-state index >= 15 is 0 Å². The maximum Gasteiger partial charge on any atom is 0.227 e. The Kier molecular flexibility index (Phi) is 2.39. The van der Waals surface area contributed by atoms with Gasteiger partial charge in [0.2, 0.25) is 5.91 Å². The van der Waals surface area contributed by atoms with Gasteiger partial charge in [-0.1, -0.05) is 6.07 Å².